The zero-order chi connectivity index (χ0) is 15.6. The molecule has 1 fully saturated rings. The highest BCUT2D eigenvalue weighted by molar-refractivity contribution is 6.22. The van der Waals surface area contributed by atoms with Crippen LogP contribution < -0.4 is 10.2 Å². The third-order valence-electron chi connectivity index (χ3n) is 4.83. The molecule has 1 aromatic rings. The average Bonchev–Trinajstić information content (AvgIpc) is 2.77. The molecule has 1 N–H and O–H groups in total. The molecule has 1 saturated heterocycles. The highest BCUT2D eigenvalue weighted by atomic mass is 16.2. The topological polar surface area (TPSA) is 49.4 Å². The van der Waals surface area contributed by atoms with Crippen molar-refractivity contribution in [3.8, 4) is 0 Å². The van der Waals surface area contributed by atoms with Gasteiger partial charge in [0.2, 0.25) is 11.8 Å². The van der Waals surface area contributed by atoms with E-state index in [9.17, 15) is 9.59 Å². The molecule has 4 nitrogen and oxygen atoms in total. The van der Waals surface area contributed by atoms with E-state index in [4.69, 9.17) is 0 Å². The van der Waals surface area contributed by atoms with Crippen LogP contribution in [-0.4, -0.2) is 18.9 Å². The summed E-state index contributed by atoms with van der Waals surface area (Å²) < 4.78 is 0. The van der Waals surface area contributed by atoms with Crippen LogP contribution in [0.2, 0.25) is 0 Å². The SMILES string of the molecule is CCC1(CC)CC(=O)N(c2ccccc2C(C)NC)C1=O. The standard InChI is InChI=1S/C17H24N2O2/c1-5-17(6-2)11-15(20)19(16(17)21)14-10-8-7-9-13(14)12(3)18-4/h7-10,12,18H,5-6,11H2,1-4H3. The van der Waals surface area contributed by atoms with Gasteiger partial charge in [0.25, 0.3) is 0 Å². The first-order valence-corrected chi connectivity index (χ1v) is 7.64. The largest absolute Gasteiger partial charge is 0.313 e. The van der Waals surface area contributed by atoms with Crippen molar-refractivity contribution in [3.05, 3.63) is 29.8 Å². The van der Waals surface area contributed by atoms with E-state index in [1.165, 1.54) is 4.90 Å². The Kier molecular flexibility index (Phi) is 4.47. The highest BCUT2D eigenvalue weighted by Crippen LogP contribution is 2.42. The molecule has 0 aliphatic carbocycles. The fraction of sp³-hybridized carbons (Fsp3) is 0.529. The lowest BCUT2D eigenvalue weighted by Gasteiger charge is -2.26. The lowest BCUT2D eigenvalue weighted by molar-refractivity contribution is -0.126. The normalized spacial score (nSPS) is 19.1. The van der Waals surface area contributed by atoms with Crippen molar-refractivity contribution in [1.29, 1.82) is 0 Å². The summed E-state index contributed by atoms with van der Waals surface area (Å²) >= 11 is 0. The fourth-order valence-electron chi connectivity index (χ4n) is 3.05. The molecule has 1 aliphatic heterocycles. The molecule has 114 valence electrons. The van der Waals surface area contributed by atoms with Gasteiger partial charge in [0, 0.05) is 12.5 Å². The molecular weight excluding hydrogens is 264 g/mol. The lowest BCUT2D eigenvalue weighted by Crippen LogP contribution is -2.36. The van der Waals surface area contributed by atoms with Crippen molar-refractivity contribution in [2.24, 2.45) is 5.41 Å². The summed E-state index contributed by atoms with van der Waals surface area (Å²) in [5.41, 5.74) is 1.18. The third-order valence-corrected chi connectivity index (χ3v) is 4.83. The second-order valence-electron chi connectivity index (χ2n) is 5.77. The van der Waals surface area contributed by atoms with Gasteiger partial charge in [-0.05, 0) is 38.4 Å². The predicted octanol–water partition coefficient (Wildman–Crippen LogP) is 3.04. The van der Waals surface area contributed by atoms with Crippen molar-refractivity contribution in [2.45, 2.75) is 46.1 Å². The van der Waals surface area contributed by atoms with Gasteiger partial charge in [-0.3, -0.25) is 9.59 Å². The summed E-state index contributed by atoms with van der Waals surface area (Å²) in [6.45, 7) is 6.00. The Hall–Kier alpha value is -1.68. The number of anilines is 1. The molecule has 1 unspecified atom stereocenters. The Morgan fingerprint density at radius 3 is 2.38 bits per heavy atom. The van der Waals surface area contributed by atoms with Gasteiger partial charge in [-0.25, -0.2) is 4.90 Å². The number of hydrogen-bond acceptors (Lipinski definition) is 3. The van der Waals surface area contributed by atoms with Crippen molar-refractivity contribution >= 4 is 17.5 Å². The van der Waals surface area contributed by atoms with E-state index >= 15 is 0 Å². The third kappa shape index (κ3) is 2.48. The Balaban J connectivity index is 2.48. The Morgan fingerprint density at radius 2 is 1.86 bits per heavy atom. The van der Waals surface area contributed by atoms with Crippen LogP contribution in [0, 0.1) is 5.41 Å². The summed E-state index contributed by atoms with van der Waals surface area (Å²) in [5, 5.41) is 3.17. The van der Waals surface area contributed by atoms with Crippen LogP contribution in [0.3, 0.4) is 0 Å². The molecule has 0 radical (unpaired) electrons. The summed E-state index contributed by atoms with van der Waals surface area (Å²) in [6, 6.07) is 7.72. The van der Waals surface area contributed by atoms with Gasteiger partial charge < -0.3 is 5.32 Å². The average molecular weight is 288 g/mol. The van der Waals surface area contributed by atoms with Crippen LogP contribution in [-0.2, 0) is 9.59 Å². The molecule has 1 aliphatic rings. The number of hydrogen-bond donors (Lipinski definition) is 1. The van der Waals surface area contributed by atoms with E-state index in [-0.39, 0.29) is 17.9 Å². The molecule has 2 amide bonds. The van der Waals surface area contributed by atoms with Crippen LogP contribution in [0.4, 0.5) is 5.69 Å². The second-order valence-corrected chi connectivity index (χ2v) is 5.77. The molecule has 0 spiro atoms. The summed E-state index contributed by atoms with van der Waals surface area (Å²) in [7, 11) is 1.87. The molecule has 21 heavy (non-hydrogen) atoms. The first kappa shape index (κ1) is 15.7. The zero-order valence-electron chi connectivity index (χ0n) is 13.3. The maximum absolute atomic E-state index is 12.8. The van der Waals surface area contributed by atoms with Gasteiger partial charge in [-0.2, -0.15) is 0 Å². The predicted molar refractivity (Wildman–Crippen MR) is 84.0 cm³/mol. The van der Waals surface area contributed by atoms with E-state index in [1.54, 1.807) is 0 Å². The van der Waals surface area contributed by atoms with Gasteiger partial charge in [0.1, 0.15) is 0 Å². The van der Waals surface area contributed by atoms with Gasteiger partial charge in [0.15, 0.2) is 0 Å². The minimum atomic E-state index is -0.521. The van der Waals surface area contributed by atoms with Crippen LogP contribution in [0.5, 0.6) is 0 Å². The van der Waals surface area contributed by atoms with Crippen molar-refractivity contribution < 1.29 is 9.59 Å². The van der Waals surface area contributed by atoms with E-state index < -0.39 is 5.41 Å². The monoisotopic (exact) mass is 288 g/mol. The first-order chi connectivity index (χ1) is 10.0. The summed E-state index contributed by atoms with van der Waals surface area (Å²) in [6.07, 6.45) is 1.73. The number of para-hydroxylation sites is 1. The van der Waals surface area contributed by atoms with E-state index in [1.807, 2.05) is 52.1 Å². The zero-order valence-corrected chi connectivity index (χ0v) is 13.3. The highest BCUT2D eigenvalue weighted by Gasteiger charge is 2.50. The Bertz CT molecular complexity index is 549. The van der Waals surface area contributed by atoms with Crippen LogP contribution >= 0.6 is 0 Å². The minimum absolute atomic E-state index is 0.0479. The number of carbonyl (C=O) groups excluding carboxylic acids is 2. The number of carbonyl (C=O) groups is 2. The Morgan fingerprint density at radius 1 is 1.24 bits per heavy atom. The van der Waals surface area contributed by atoms with Crippen LogP contribution in [0.25, 0.3) is 0 Å². The molecule has 0 bridgehead atoms. The molecule has 4 heteroatoms. The fourth-order valence-corrected chi connectivity index (χ4v) is 3.05. The molecule has 1 atom stereocenters. The van der Waals surface area contributed by atoms with Gasteiger partial charge in [-0.1, -0.05) is 32.0 Å². The van der Waals surface area contributed by atoms with E-state index in [0.29, 0.717) is 19.3 Å². The summed E-state index contributed by atoms with van der Waals surface area (Å²) in [4.78, 5) is 26.7. The smallest absolute Gasteiger partial charge is 0.240 e. The minimum Gasteiger partial charge on any atom is -0.313 e. The molecule has 2 rings (SSSR count). The maximum Gasteiger partial charge on any atom is 0.240 e. The quantitative estimate of drug-likeness (QED) is 0.847. The number of benzene rings is 1. The number of rotatable bonds is 5. The van der Waals surface area contributed by atoms with E-state index in [0.717, 1.165) is 11.3 Å². The van der Waals surface area contributed by atoms with Crippen LogP contribution in [0.15, 0.2) is 24.3 Å². The molecule has 1 aromatic carbocycles. The number of imide groups is 1. The van der Waals surface area contributed by atoms with Crippen molar-refractivity contribution in [1.82, 2.24) is 5.32 Å². The molecule has 0 aromatic heterocycles. The summed E-state index contributed by atoms with van der Waals surface area (Å²) in [5.74, 6) is -0.132. The van der Waals surface area contributed by atoms with Gasteiger partial charge in [-0.15, -0.1) is 0 Å². The van der Waals surface area contributed by atoms with Gasteiger partial charge in [0.05, 0.1) is 11.1 Å². The molecule has 1 heterocycles. The lowest BCUT2D eigenvalue weighted by atomic mass is 9.81. The number of nitrogens with zero attached hydrogens (tertiary/aromatic N) is 1. The first-order valence-electron chi connectivity index (χ1n) is 7.64. The van der Waals surface area contributed by atoms with Crippen molar-refractivity contribution in [2.75, 3.05) is 11.9 Å². The Labute approximate surface area is 126 Å². The molecular formula is C17H24N2O2. The molecule has 0 saturated carbocycles. The number of amides is 2. The second kappa shape index (κ2) is 5.98. The van der Waals surface area contributed by atoms with Crippen molar-refractivity contribution in [3.63, 3.8) is 0 Å². The van der Waals surface area contributed by atoms with E-state index in [2.05, 4.69) is 5.32 Å². The van der Waals surface area contributed by atoms with Gasteiger partial charge >= 0.3 is 0 Å². The maximum atomic E-state index is 12.8. The number of nitrogens with one attached hydrogen (secondary N) is 1. The van der Waals surface area contributed by atoms with Crippen LogP contribution in [0.1, 0.15) is 51.6 Å².